The lowest BCUT2D eigenvalue weighted by Gasteiger charge is -2.07. The van der Waals surface area contributed by atoms with Crippen LogP contribution in [-0.2, 0) is 0 Å². The van der Waals surface area contributed by atoms with Gasteiger partial charge in [-0.25, -0.2) is 4.98 Å². The Kier molecular flexibility index (Phi) is 4.07. The van der Waals surface area contributed by atoms with Crippen LogP contribution in [0, 0.1) is 3.57 Å². The first-order valence-electron chi connectivity index (χ1n) is 6.26. The summed E-state index contributed by atoms with van der Waals surface area (Å²) in [4.78, 5) is 16.6. The second-order valence-corrected chi connectivity index (χ2v) is 6.12. The number of anilines is 1. The molecule has 0 spiro atoms. The minimum Gasteiger partial charge on any atom is -0.321 e. The fourth-order valence-corrected chi connectivity index (χ4v) is 2.82. The second kappa shape index (κ2) is 5.99. The van der Waals surface area contributed by atoms with Gasteiger partial charge in [0.2, 0.25) is 0 Å². The Bertz CT molecular complexity index is 835. The molecule has 1 amide bonds. The van der Waals surface area contributed by atoms with Crippen molar-refractivity contribution in [1.82, 2.24) is 4.98 Å². The van der Waals surface area contributed by atoms with Gasteiger partial charge in [0.25, 0.3) is 5.91 Å². The Balaban J connectivity index is 1.94. The van der Waals surface area contributed by atoms with Gasteiger partial charge in [-0.05, 0) is 52.9 Å². The Morgan fingerprint density at radius 2 is 1.90 bits per heavy atom. The minimum atomic E-state index is -0.273. The third-order valence-corrected chi connectivity index (χ3v) is 3.96. The molecule has 1 N–H and O–H groups in total. The van der Waals surface area contributed by atoms with Gasteiger partial charge < -0.3 is 5.32 Å². The molecule has 1 aromatic heterocycles. The highest BCUT2D eigenvalue weighted by molar-refractivity contribution is 14.1. The van der Waals surface area contributed by atoms with Crippen molar-refractivity contribution in [1.29, 1.82) is 0 Å². The maximum Gasteiger partial charge on any atom is 0.274 e. The summed E-state index contributed by atoms with van der Waals surface area (Å²) >= 11 is 8.41. The molecule has 2 aromatic carbocycles. The lowest BCUT2D eigenvalue weighted by Crippen LogP contribution is -2.13. The fourth-order valence-electron chi connectivity index (χ4n) is 2.01. The SMILES string of the molecule is O=C(Nc1cccc(I)c1)c1cc(Cl)c2ccccc2n1. The quantitative estimate of drug-likeness (QED) is 0.622. The number of nitrogens with one attached hydrogen (secondary N) is 1. The van der Waals surface area contributed by atoms with Crippen LogP contribution in [0.3, 0.4) is 0 Å². The van der Waals surface area contributed by atoms with Crippen LogP contribution in [0.4, 0.5) is 5.69 Å². The van der Waals surface area contributed by atoms with Gasteiger partial charge in [-0.2, -0.15) is 0 Å². The zero-order valence-corrected chi connectivity index (χ0v) is 13.7. The summed E-state index contributed by atoms with van der Waals surface area (Å²) in [5, 5.41) is 4.19. The van der Waals surface area contributed by atoms with E-state index in [1.165, 1.54) is 0 Å². The lowest BCUT2D eigenvalue weighted by molar-refractivity contribution is 0.102. The van der Waals surface area contributed by atoms with Crippen LogP contribution in [-0.4, -0.2) is 10.9 Å². The van der Waals surface area contributed by atoms with E-state index in [2.05, 4.69) is 32.9 Å². The Morgan fingerprint density at radius 1 is 1.10 bits per heavy atom. The van der Waals surface area contributed by atoms with Gasteiger partial charge in [-0.3, -0.25) is 4.79 Å². The number of carbonyl (C=O) groups is 1. The molecule has 3 nitrogen and oxygen atoms in total. The average molecular weight is 409 g/mol. The van der Waals surface area contributed by atoms with Crippen molar-refractivity contribution in [3.8, 4) is 0 Å². The molecular formula is C16H10ClIN2O. The Hall–Kier alpha value is -1.66. The van der Waals surface area contributed by atoms with E-state index in [9.17, 15) is 4.79 Å². The van der Waals surface area contributed by atoms with E-state index in [0.717, 1.165) is 14.6 Å². The third kappa shape index (κ3) is 3.16. The van der Waals surface area contributed by atoms with Crippen LogP contribution in [0.15, 0.2) is 54.6 Å². The van der Waals surface area contributed by atoms with E-state index in [4.69, 9.17) is 11.6 Å². The molecule has 21 heavy (non-hydrogen) atoms. The molecule has 0 unspecified atom stereocenters. The molecule has 0 saturated heterocycles. The predicted octanol–water partition coefficient (Wildman–Crippen LogP) is 4.75. The van der Waals surface area contributed by atoms with Crippen molar-refractivity contribution in [2.75, 3.05) is 5.32 Å². The number of para-hydroxylation sites is 1. The molecule has 104 valence electrons. The smallest absolute Gasteiger partial charge is 0.274 e. The van der Waals surface area contributed by atoms with Gasteiger partial charge in [0.1, 0.15) is 5.69 Å². The highest BCUT2D eigenvalue weighted by Crippen LogP contribution is 2.23. The molecule has 0 saturated carbocycles. The van der Waals surface area contributed by atoms with E-state index in [1.54, 1.807) is 6.07 Å². The molecule has 0 aliphatic rings. The molecule has 0 fully saturated rings. The number of amides is 1. The zero-order chi connectivity index (χ0) is 14.8. The monoisotopic (exact) mass is 408 g/mol. The van der Waals surface area contributed by atoms with Crippen molar-refractivity contribution in [3.63, 3.8) is 0 Å². The van der Waals surface area contributed by atoms with Crippen LogP contribution in [0.25, 0.3) is 10.9 Å². The molecule has 0 atom stereocenters. The molecular weight excluding hydrogens is 399 g/mol. The standard InChI is InChI=1S/C16H10ClIN2O/c17-13-9-15(20-14-7-2-1-6-12(13)14)16(21)19-11-5-3-4-10(18)8-11/h1-9H,(H,19,21). The number of hydrogen-bond acceptors (Lipinski definition) is 2. The van der Waals surface area contributed by atoms with E-state index in [0.29, 0.717) is 16.2 Å². The molecule has 0 aliphatic carbocycles. The number of carbonyl (C=O) groups excluding carboxylic acids is 1. The summed E-state index contributed by atoms with van der Waals surface area (Å²) in [5.74, 6) is -0.273. The molecule has 3 rings (SSSR count). The number of nitrogens with zero attached hydrogens (tertiary/aromatic N) is 1. The normalized spacial score (nSPS) is 10.6. The number of benzene rings is 2. The van der Waals surface area contributed by atoms with E-state index >= 15 is 0 Å². The Morgan fingerprint density at radius 3 is 2.71 bits per heavy atom. The number of fused-ring (bicyclic) bond motifs is 1. The molecule has 0 aliphatic heterocycles. The summed E-state index contributed by atoms with van der Waals surface area (Å²) in [6.07, 6.45) is 0. The fraction of sp³-hybridized carbons (Fsp3) is 0. The van der Waals surface area contributed by atoms with E-state index in [-0.39, 0.29) is 5.91 Å². The first kappa shape index (κ1) is 14.3. The predicted molar refractivity (Wildman–Crippen MR) is 93.9 cm³/mol. The van der Waals surface area contributed by atoms with Crippen LogP contribution >= 0.6 is 34.2 Å². The molecule has 0 bridgehead atoms. The Labute approximate surface area is 140 Å². The average Bonchev–Trinajstić information content (AvgIpc) is 2.47. The van der Waals surface area contributed by atoms with E-state index in [1.807, 2.05) is 48.5 Å². The van der Waals surface area contributed by atoms with Crippen molar-refractivity contribution < 1.29 is 4.79 Å². The van der Waals surface area contributed by atoms with Gasteiger partial charge in [0, 0.05) is 14.6 Å². The van der Waals surface area contributed by atoms with Crippen LogP contribution < -0.4 is 5.32 Å². The van der Waals surface area contributed by atoms with Crippen LogP contribution in [0.5, 0.6) is 0 Å². The van der Waals surface area contributed by atoms with Crippen molar-refractivity contribution in [3.05, 3.63) is 68.9 Å². The van der Waals surface area contributed by atoms with E-state index < -0.39 is 0 Å². The summed E-state index contributed by atoms with van der Waals surface area (Å²) in [7, 11) is 0. The van der Waals surface area contributed by atoms with Gasteiger partial charge in [-0.1, -0.05) is 35.9 Å². The van der Waals surface area contributed by atoms with Crippen molar-refractivity contribution >= 4 is 56.7 Å². The highest BCUT2D eigenvalue weighted by atomic mass is 127. The number of pyridine rings is 1. The van der Waals surface area contributed by atoms with Gasteiger partial charge in [-0.15, -0.1) is 0 Å². The topological polar surface area (TPSA) is 42.0 Å². The van der Waals surface area contributed by atoms with Crippen molar-refractivity contribution in [2.45, 2.75) is 0 Å². The number of halogens is 2. The molecule has 0 radical (unpaired) electrons. The zero-order valence-electron chi connectivity index (χ0n) is 10.8. The molecule has 1 heterocycles. The molecule has 5 heteroatoms. The second-order valence-electron chi connectivity index (χ2n) is 4.47. The number of aromatic nitrogens is 1. The van der Waals surface area contributed by atoms with Gasteiger partial charge in [0.15, 0.2) is 0 Å². The maximum atomic E-state index is 12.3. The van der Waals surface area contributed by atoms with Gasteiger partial charge >= 0.3 is 0 Å². The number of rotatable bonds is 2. The summed E-state index contributed by atoms with van der Waals surface area (Å²) in [6.45, 7) is 0. The number of hydrogen-bond donors (Lipinski definition) is 1. The van der Waals surface area contributed by atoms with Crippen LogP contribution in [0.1, 0.15) is 10.5 Å². The summed E-state index contributed by atoms with van der Waals surface area (Å²) in [6, 6.07) is 16.6. The van der Waals surface area contributed by atoms with Crippen LogP contribution in [0.2, 0.25) is 5.02 Å². The minimum absolute atomic E-state index is 0.273. The third-order valence-electron chi connectivity index (χ3n) is 2.98. The van der Waals surface area contributed by atoms with Crippen molar-refractivity contribution in [2.24, 2.45) is 0 Å². The summed E-state index contributed by atoms with van der Waals surface area (Å²) in [5.41, 5.74) is 1.74. The largest absolute Gasteiger partial charge is 0.321 e. The molecule has 3 aromatic rings. The first-order chi connectivity index (χ1) is 10.1. The maximum absolute atomic E-state index is 12.3. The first-order valence-corrected chi connectivity index (χ1v) is 7.71. The highest BCUT2D eigenvalue weighted by Gasteiger charge is 2.11. The van der Waals surface area contributed by atoms with Gasteiger partial charge in [0.05, 0.1) is 10.5 Å². The summed E-state index contributed by atoms with van der Waals surface area (Å²) < 4.78 is 1.05. The lowest BCUT2D eigenvalue weighted by atomic mass is 10.2.